The maximum absolute atomic E-state index is 12.5. The molecule has 0 spiro atoms. The Kier molecular flexibility index (Phi) is 17.6. The van der Waals surface area contributed by atoms with E-state index in [1.54, 1.807) is 17.8 Å². The number of unbranched alkanes of at least 4 members (excludes halogenated alkanes) is 16. The molecule has 0 aliphatic rings. The predicted molar refractivity (Wildman–Crippen MR) is 163 cm³/mol. The number of imidazole rings is 1. The van der Waals surface area contributed by atoms with Crippen molar-refractivity contribution >= 4 is 24.6 Å². The second-order valence-electron chi connectivity index (χ2n) is 11.4. The van der Waals surface area contributed by atoms with Crippen molar-refractivity contribution in [2.45, 2.75) is 147 Å². The summed E-state index contributed by atoms with van der Waals surface area (Å²) in [6.45, 7) is 2.19. The van der Waals surface area contributed by atoms with Crippen molar-refractivity contribution in [3.63, 3.8) is 0 Å². The number of ether oxygens (including phenoxy) is 1. The number of nitrogens with zero attached hydrogens (tertiary/aromatic N) is 4. The van der Waals surface area contributed by atoms with Crippen LogP contribution in [0.1, 0.15) is 122 Å². The van der Waals surface area contributed by atoms with Crippen molar-refractivity contribution in [1.82, 2.24) is 19.5 Å². The van der Waals surface area contributed by atoms with Gasteiger partial charge >= 0.3 is 13.8 Å². The van der Waals surface area contributed by atoms with Crippen molar-refractivity contribution in [3.8, 4) is 0 Å². The molecular formula is C29H52F3N6O4P. The van der Waals surface area contributed by atoms with Gasteiger partial charge in [0.15, 0.2) is 11.5 Å². The molecule has 0 aromatic carbocycles. The smallest absolute Gasteiger partial charge is 0.382 e. The molecular weight excluding hydrogens is 584 g/mol. The first-order valence-electron chi connectivity index (χ1n) is 15.9. The van der Waals surface area contributed by atoms with Crippen LogP contribution in [0.2, 0.25) is 0 Å². The predicted octanol–water partition coefficient (Wildman–Crippen LogP) is 7.84. The van der Waals surface area contributed by atoms with Gasteiger partial charge in [0.05, 0.1) is 25.6 Å². The molecule has 43 heavy (non-hydrogen) atoms. The third kappa shape index (κ3) is 16.2. The first-order valence-corrected chi connectivity index (χ1v) is 17.5. The van der Waals surface area contributed by atoms with E-state index in [2.05, 4.69) is 15.0 Å². The average Bonchev–Trinajstić information content (AvgIpc) is 3.35. The molecule has 0 fully saturated rings. The molecule has 0 saturated heterocycles. The van der Waals surface area contributed by atoms with Crippen LogP contribution in [-0.4, -0.2) is 49.3 Å². The maximum atomic E-state index is 12.5. The van der Waals surface area contributed by atoms with Gasteiger partial charge in [0, 0.05) is 6.42 Å². The third-order valence-electron chi connectivity index (χ3n) is 7.46. The fourth-order valence-corrected chi connectivity index (χ4v) is 5.91. The fourth-order valence-electron chi connectivity index (χ4n) is 5.02. The Morgan fingerprint density at radius 3 is 1.86 bits per heavy atom. The van der Waals surface area contributed by atoms with Crippen molar-refractivity contribution in [2.75, 3.05) is 12.3 Å². The van der Waals surface area contributed by atoms with Crippen LogP contribution in [0.5, 0.6) is 0 Å². The summed E-state index contributed by atoms with van der Waals surface area (Å²) in [6, 6.07) is 0. The molecule has 2 aromatic rings. The SMILES string of the molecule is C[C@H](Cn1cnc2c(N)ncnc21)OC(N)P(=O)(O)OCCCCCCCCCCCCCCCCCCCC(F)(F)F. The quantitative estimate of drug-likeness (QED) is 0.0562. The Labute approximate surface area is 254 Å². The third-order valence-corrected chi connectivity index (χ3v) is 8.77. The van der Waals surface area contributed by atoms with Gasteiger partial charge in [0.1, 0.15) is 11.8 Å². The summed E-state index contributed by atoms with van der Waals surface area (Å²) in [5.41, 5.74) is 12.7. The topological polar surface area (TPSA) is 151 Å². The average molecular weight is 637 g/mol. The highest BCUT2D eigenvalue weighted by atomic mass is 31.2. The van der Waals surface area contributed by atoms with E-state index in [4.69, 9.17) is 20.7 Å². The Balaban J connectivity index is 1.39. The molecule has 2 rings (SSSR count). The number of aromatic nitrogens is 4. The number of hydrogen-bond acceptors (Lipinski definition) is 8. The van der Waals surface area contributed by atoms with Gasteiger partial charge in [-0.05, 0) is 19.8 Å². The Hall–Kier alpha value is -1.79. The van der Waals surface area contributed by atoms with Crippen LogP contribution in [0.4, 0.5) is 19.0 Å². The highest BCUT2D eigenvalue weighted by Gasteiger charge is 2.31. The molecule has 0 aliphatic carbocycles. The Bertz CT molecular complexity index is 1070. The summed E-state index contributed by atoms with van der Waals surface area (Å²) in [5.74, 6) is -1.18. The normalized spacial score (nSPS) is 15.1. The maximum Gasteiger partial charge on any atom is 0.389 e. The largest absolute Gasteiger partial charge is 0.389 e. The first kappa shape index (κ1) is 37.4. The van der Waals surface area contributed by atoms with Crippen LogP contribution in [0.15, 0.2) is 12.7 Å². The summed E-state index contributed by atoms with van der Waals surface area (Å²) in [5, 5.41) is 0. The van der Waals surface area contributed by atoms with Crippen molar-refractivity contribution < 1.29 is 31.9 Å². The lowest BCUT2D eigenvalue weighted by Gasteiger charge is -2.23. The van der Waals surface area contributed by atoms with Gasteiger partial charge in [0.25, 0.3) is 0 Å². The minimum absolute atomic E-state index is 0.152. The minimum atomic E-state index is -4.13. The second-order valence-corrected chi connectivity index (χ2v) is 13.3. The zero-order valence-electron chi connectivity index (χ0n) is 25.6. The Morgan fingerprint density at radius 2 is 1.35 bits per heavy atom. The summed E-state index contributed by atoms with van der Waals surface area (Å²) < 4.78 is 61.3. The highest BCUT2D eigenvalue weighted by Crippen LogP contribution is 2.46. The molecule has 0 amide bonds. The van der Waals surface area contributed by atoms with Gasteiger partial charge in [-0.2, -0.15) is 13.2 Å². The molecule has 2 heterocycles. The fraction of sp³-hybridized carbons (Fsp3) is 0.828. The van der Waals surface area contributed by atoms with Crippen molar-refractivity contribution in [3.05, 3.63) is 12.7 Å². The monoisotopic (exact) mass is 636 g/mol. The van der Waals surface area contributed by atoms with E-state index in [0.29, 0.717) is 30.6 Å². The lowest BCUT2D eigenvalue weighted by Crippen LogP contribution is -2.31. The number of fused-ring (bicyclic) bond motifs is 1. The zero-order chi connectivity index (χ0) is 31.6. The first-order chi connectivity index (χ1) is 20.5. The van der Waals surface area contributed by atoms with E-state index in [1.165, 1.54) is 57.7 Å². The summed E-state index contributed by atoms with van der Waals surface area (Å²) >= 11 is 0. The van der Waals surface area contributed by atoms with Crippen LogP contribution in [0.25, 0.3) is 11.2 Å². The second kappa shape index (κ2) is 20.3. The van der Waals surface area contributed by atoms with Crippen LogP contribution < -0.4 is 11.5 Å². The molecule has 0 aliphatic heterocycles. The van der Waals surface area contributed by atoms with Crippen molar-refractivity contribution in [1.29, 1.82) is 0 Å². The van der Waals surface area contributed by atoms with Crippen LogP contribution in [0, 0.1) is 0 Å². The highest BCUT2D eigenvalue weighted by molar-refractivity contribution is 7.53. The van der Waals surface area contributed by atoms with E-state index in [1.807, 2.05) is 0 Å². The van der Waals surface area contributed by atoms with Gasteiger partial charge < -0.3 is 24.5 Å². The molecule has 0 saturated carbocycles. The summed E-state index contributed by atoms with van der Waals surface area (Å²) in [7, 11) is -4.13. The number of alkyl halides is 3. The molecule has 0 bridgehead atoms. The molecule has 14 heteroatoms. The molecule has 0 radical (unpaired) electrons. The van der Waals surface area contributed by atoms with Gasteiger partial charge in [-0.25, -0.2) is 15.0 Å². The van der Waals surface area contributed by atoms with Crippen LogP contribution in [0.3, 0.4) is 0 Å². The molecule has 10 nitrogen and oxygen atoms in total. The van der Waals surface area contributed by atoms with E-state index in [0.717, 1.165) is 38.5 Å². The molecule has 2 aromatic heterocycles. The lowest BCUT2D eigenvalue weighted by molar-refractivity contribution is -0.135. The minimum Gasteiger partial charge on any atom is -0.382 e. The van der Waals surface area contributed by atoms with Crippen LogP contribution >= 0.6 is 7.60 Å². The molecule has 2 unspecified atom stereocenters. The number of anilines is 1. The van der Waals surface area contributed by atoms with Crippen molar-refractivity contribution in [2.24, 2.45) is 5.73 Å². The standard InChI is InChI=1S/C29H52F3N6O4P/c1-24(21-38-23-37-25-26(33)35-22-36-27(25)38)42-28(34)43(39,40)41-20-18-16-14-12-10-8-6-4-2-3-5-7-9-11-13-15-17-19-29(30,31)32/h22-24,28H,2-21,34H2,1H3,(H,39,40)(H2,33,35,36)/t24-,28?/m1/s1. The number of hydrogen-bond donors (Lipinski definition) is 3. The molecule has 3 atom stereocenters. The van der Waals surface area contributed by atoms with Gasteiger partial charge in [-0.1, -0.05) is 96.3 Å². The van der Waals surface area contributed by atoms with Gasteiger partial charge in [-0.3, -0.25) is 10.3 Å². The van der Waals surface area contributed by atoms with E-state index >= 15 is 0 Å². The Morgan fingerprint density at radius 1 is 0.860 bits per heavy atom. The lowest BCUT2D eigenvalue weighted by atomic mass is 10.0. The molecule has 248 valence electrons. The van der Waals surface area contributed by atoms with E-state index in [-0.39, 0.29) is 18.8 Å². The zero-order valence-corrected chi connectivity index (χ0v) is 26.5. The van der Waals surface area contributed by atoms with E-state index < -0.39 is 32.3 Å². The van der Waals surface area contributed by atoms with Gasteiger partial charge in [-0.15, -0.1) is 0 Å². The number of rotatable bonds is 25. The summed E-state index contributed by atoms with van der Waals surface area (Å²) in [4.78, 5) is 22.5. The van der Waals surface area contributed by atoms with Gasteiger partial charge in [0.2, 0.25) is 5.97 Å². The number of nitrogen functional groups attached to an aromatic ring is 1. The van der Waals surface area contributed by atoms with E-state index in [9.17, 15) is 22.6 Å². The number of halogens is 3. The molecule has 5 N–H and O–H groups in total. The van der Waals surface area contributed by atoms with Crippen LogP contribution in [-0.2, 0) is 20.4 Å². The summed E-state index contributed by atoms with van der Waals surface area (Å²) in [6.07, 6.45) is 15.4. The number of nitrogens with two attached hydrogens (primary N) is 2.